The van der Waals surface area contributed by atoms with Crippen LogP contribution in [-0.4, -0.2) is 5.11 Å². The van der Waals surface area contributed by atoms with Crippen molar-refractivity contribution in [3.8, 4) is 11.8 Å². The van der Waals surface area contributed by atoms with Crippen LogP contribution in [0.25, 0.3) is 0 Å². The van der Waals surface area contributed by atoms with E-state index in [0.29, 0.717) is 5.76 Å². The Bertz CT molecular complexity index is 207. The van der Waals surface area contributed by atoms with Crippen LogP contribution in [0.5, 0.6) is 0 Å². The molecule has 0 aliphatic carbocycles. The minimum absolute atomic E-state index is 0.303. The number of rotatable bonds is 1. The molecule has 0 unspecified atom stereocenters. The summed E-state index contributed by atoms with van der Waals surface area (Å²) < 4.78 is 0. The van der Waals surface area contributed by atoms with Gasteiger partial charge < -0.3 is 5.11 Å². The molecule has 0 radical (unpaired) electrons. The van der Waals surface area contributed by atoms with E-state index in [0.717, 1.165) is 5.57 Å². The Hall–Kier alpha value is -1.16. The average Bonchev–Trinajstić information content (AvgIpc) is 1.85. The number of allylic oxidation sites excluding steroid dienone is 4. The highest BCUT2D eigenvalue weighted by Gasteiger charge is 1.77. The van der Waals surface area contributed by atoms with Gasteiger partial charge in [-0.2, -0.15) is 0 Å². The Morgan fingerprint density at radius 2 is 1.90 bits per heavy atom. The van der Waals surface area contributed by atoms with Gasteiger partial charge in [-0.25, -0.2) is 0 Å². The molecule has 0 aromatic rings. The summed E-state index contributed by atoms with van der Waals surface area (Å²) in [5, 5.41) is 8.74. The molecule has 0 aromatic carbocycles. The van der Waals surface area contributed by atoms with Gasteiger partial charge in [-0.3, -0.25) is 0 Å². The van der Waals surface area contributed by atoms with Crippen molar-refractivity contribution in [2.75, 3.05) is 0 Å². The average molecular weight is 136 g/mol. The van der Waals surface area contributed by atoms with Crippen molar-refractivity contribution >= 4 is 0 Å². The van der Waals surface area contributed by atoms with E-state index in [1.165, 1.54) is 0 Å². The highest BCUT2D eigenvalue weighted by molar-refractivity contribution is 5.29. The van der Waals surface area contributed by atoms with Gasteiger partial charge in [-0.05, 0) is 38.5 Å². The first kappa shape index (κ1) is 8.84. The first-order chi connectivity index (χ1) is 4.66. The Morgan fingerprint density at radius 1 is 1.30 bits per heavy atom. The molecule has 0 saturated heterocycles. The van der Waals surface area contributed by atoms with E-state index in [1.54, 1.807) is 26.0 Å². The third kappa shape index (κ3) is 4.99. The van der Waals surface area contributed by atoms with Gasteiger partial charge in [-0.1, -0.05) is 5.92 Å². The number of aliphatic hydroxyl groups is 1. The lowest BCUT2D eigenvalue weighted by molar-refractivity contribution is 0.414. The van der Waals surface area contributed by atoms with E-state index in [1.807, 2.05) is 6.92 Å². The zero-order valence-corrected chi connectivity index (χ0v) is 6.60. The standard InChI is InChI=1S/C9H12O/c1-4-5-8(2)6-7-9(3)10/h6-7,10H,1-3H3/b8-6-,9-7+. The van der Waals surface area contributed by atoms with E-state index in [9.17, 15) is 0 Å². The molecular weight excluding hydrogens is 124 g/mol. The molecule has 0 spiro atoms. The first-order valence-corrected chi connectivity index (χ1v) is 3.13. The van der Waals surface area contributed by atoms with E-state index >= 15 is 0 Å². The smallest absolute Gasteiger partial charge is 0.0892 e. The summed E-state index contributed by atoms with van der Waals surface area (Å²) in [5.74, 6) is 5.92. The van der Waals surface area contributed by atoms with Crippen LogP contribution in [0.2, 0.25) is 0 Å². The molecule has 0 saturated carbocycles. The third-order valence-electron chi connectivity index (χ3n) is 0.897. The quantitative estimate of drug-likeness (QED) is 0.333. The Balaban J connectivity index is 4.14. The van der Waals surface area contributed by atoms with Crippen LogP contribution in [0.1, 0.15) is 20.8 Å². The number of hydrogen-bond donors (Lipinski definition) is 1. The second-order valence-corrected chi connectivity index (χ2v) is 2.03. The lowest BCUT2D eigenvalue weighted by Crippen LogP contribution is -1.69. The number of hydrogen-bond acceptors (Lipinski definition) is 1. The van der Waals surface area contributed by atoms with Gasteiger partial charge in [-0.15, -0.1) is 5.92 Å². The maximum absolute atomic E-state index is 8.74. The Morgan fingerprint density at radius 3 is 2.30 bits per heavy atom. The van der Waals surface area contributed by atoms with E-state index in [4.69, 9.17) is 5.11 Å². The fourth-order valence-electron chi connectivity index (χ4n) is 0.484. The van der Waals surface area contributed by atoms with Crippen molar-refractivity contribution in [2.45, 2.75) is 20.8 Å². The predicted molar refractivity (Wildman–Crippen MR) is 43.6 cm³/mol. The Kier molecular flexibility index (Phi) is 4.15. The topological polar surface area (TPSA) is 20.2 Å². The fraction of sp³-hybridized carbons (Fsp3) is 0.333. The first-order valence-electron chi connectivity index (χ1n) is 3.13. The van der Waals surface area contributed by atoms with Gasteiger partial charge in [0.25, 0.3) is 0 Å². The predicted octanol–water partition coefficient (Wildman–Crippen LogP) is 2.42. The van der Waals surface area contributed by atoms with Gasteiger partial charge in [0, 0.05) is 0 Å². The minimum atomic E-state index is 0.303. The second kappa shape index (κ2) is 4.69. The molecule has 0 heterocycles. The highest BCUT2D eigenvalue weighted by atomic mass is 16.3. The highest BCUT2D eigenvalue weighted by Crippen LogP contribution is 1.92. The molecule has 0 aliphatic heterocycles. The van der Waals surface area contributed by atoms with Gasteiger partial charge in [0.15, 0.2) is 0 Å². The molecule has 0 aliphatic rings. The minimum Gasteiger partial charge on any atom is -0.513 e. The van der Waals surface area contributed by atoms with Crippen molar-refractivity contribution in [1.82, 2.24) is 0 Å². The summed E-state index contributed by atoms with van der Waals surface area (Å²) >= 11 is 0. The summed E-state index contributed by atoms with van der Waals surface area (Å²) in [7, 11) is 0. The van der Waals surface area contributed by atoms with Crippen LogP contribution in [0.15, 0.2) is 23.5 Å². The maximum atomic E-state index is 8.74. The zero-order chi connectivity index (χ0) is 7.98. The van der Waals surface area contributed by atoms with E-state index in [-0.39, 0.29) is 0 Å². The van der Waals surface area contributed by atoms with Crippen molar-refractivity contribution < 1.29 is 5.11 Å². The SMILES string of the molecule is CC#C/C(C)=C\C=C(/C)O. The molecule has 54 valence electrons. The summed E-state index contributed by atoms with van der Waals surface area (Å²) in [4.78, 5) is 0. The van der Waals surface area contributed by atoms with Crippen molar-refractivity contribution in [1.29, 1.82) is 0 Å². The molecule has 0 atom stereocenters. The summed E-state index contributed by atoms with van der Waals surface area (Å²) in [6.45, 7) is 5.31. The monoisotopic (exact) mass is 136 g/mol. The van der Waals surface area contributed by atoms with Gasteiger partial charge in [0.05, 0.1) is 5.76 Å². The van der Waals surface area contributed by atoms with Crippen LogP contribution in [0.3, 0.4) is 0 Å². The van der Waals surface area contributed by atoms with Gasteiger partial charge in [0.2, 0.25) is 0 Å². The normalized spacial score (nSPS) is 12.3. The van der Waals surface area contributed by atoms with E-state index < -0.39 is 0 Å². The summed E-state index contributed by atoms with van der Waals surface area (Å²) in [5.41, 5.74) is 0.955. The third-order valence-corrected chi connectivity index (χ3v) is 0.897. The van der Waals surface area contributed by atoms with Crippen LogP contribution < -0.4 is 0 Å². The lowest BCUT2D eigenvalue weighted by Gasteiger charge is -1.84. The van der Waals surface area contributed by atoms with Crippen LogP contribution in [0, 0.1) is 11.8 Å². The number of aliphatic hydroxyl groups excluding tert-OH is 1. The molecule has 10 heavy (non-hydrogen) atoms. The zero-order valence-electron chi connectivity index (χ0n) is 6.60. The molecule has 0 bridgehead atoms. The molecule has 0 amide bonds. The maximum Gasteiger partial charge on any atom is 0.0892 e. The van der Waals surface area contributed by atoms with Crippen molar-refractivity contribution in [3.63, 3.8) is 0 Å². The molecule has 1 heteroatoms. The summed E-state index contributed by atoms with van der Waals surface area (Å²) in [6, 6.07) is 0. The molecule has 0 fully saturated rings. The van der Waals surface area contributed by atoms with E-state index in [2.05, 4.69) is 11.8 Å². The van der Waals surface area contributed by atoms with Crippen LogP contribution >= 0.6 is 0 Å². The summed E-state index contributed by atoms with van der Waals surface area (Å²) in [6.07, 6.45) is 3.41. The largest absolute Gasteiger partial charge is 0.513 e. The second-order valence-electron chi connectivity index (χ2n) is 2.03. The molecule has 1 nitrogen and oxygen atoms in total. The molecular formula is C9H12O. The van der Waals surface area contributed by atoms with Gasteiger partial charge in [0.1, 0.15) is 0 Å². The fourth-order valence-corrected chi connectivity index (χ4v) is 0.484. The molecule has 0 aromatic heterocycles. The van der Waals surface area contributed by atoms with Gasteiger partial charge >= 0.3 is 0 Å². The van der Waals surface area contributed by atoms with Crippen LogP contribution in [0.4, 0.5) is 0 Å². The lowest BCUT2D eigenvalue weighted by atomic mass is 10.3. The molecule has 0 rings (SSSR count). The molecule has 1 N–H and O–H groups in total. The van der Waals surface area contributed by atoms with Crippen molar-refractivity contribution in [3.05, 3.63) is 23.5 Å². The van der Waals surface area contributed by atoms with Crippen LogP contribution in [-0.2, 0) is 0 Å². The Labute approximate surface area is 62.1 Å². The van der Waals surface area contributed by atoms with Crippen molar-refractivity contribution in [2.24, 2.45) is 0 Å².